The van der Waals surface area contributed by atoms with Gasteiger partial charge in [0.25, 0.3) is 0 Å². The minimum absolute atomic E-state index is 0.00679. The van der Waals surface area contributed by atoms with Gasteiger partial charge in [-0.15, -0.1) is 11.8 Å². The van der Waals surface area contributed by atoms with E-state index in [1.54, 1.807) is 14.0 Å². The molecule has 178 valence electrons. The molecule has 1 aromatic carbocycles. The van der Waals surface area contributed by atoms with Crippen LogP contribution in [0.5, 0.6) is 5.75 Å². The summed E-state index contributed by atoms with van der Waals surface area (Å²) < 4.78 is 5.14. The lowest BCUT2D eigenvalue weighted by Gasteiger charge is -2.46. The Labute approximate surface area is 196 Å². The third kappa shape index (κ3) is 4.34. The number of rotatable bonds is 8. The molecule has 2 amide bonds. The van der Waals surface area contributed by atoms with Gasteiger partial charge >= 0.3 is 5.97 Å². The van der Waals surface area contributed by atoms with Crippen molar-refractivity contribution in [2.75, 3.05) is 13.7 Å². The van der Waals surface area contributed by atoms with Crippen molar-refractivity contribution in [1.82, 2.24) is 15.5 Å². The summed E-state index contributed by atoms with van der Waals surface area (Å²) in [4.78, 5) is 39.1. The number of β-lactam (4-membered cyclic amide) rings is 1. The zero-order valence-corrected chi connectivity index (χ0v) is 19.6. The second-order valence-corrected chi connectivity index (χ2v) is 10.1. The van der Waals surface area contributed by atoms with E-state index < -0.39 is 18.0 Å². The Kier molecular flexibility index (Phi) is 6.69. The quantitative estimate of drug-likeness (QED) is 0.409. The maximum absolute atomic E-state index is 12.6. The maximum atomic E-state index is 12.6. The number of carboxylic acid groups (broad SMARTS) is 1. The predicted octanol–water partition coefficient (Wildman–Crippen LogP) is 0.929. The Morgan fingerprint density at radius 1 is 1.33 bits per heavy atom. The molecule has 33 heavy (non-hydrogen) atoms. The first-order valence-corrected chi connectivity index (χ1v) is 11.9. The van der Waals surface area contributed by atoms with Gasteiger partial charge < -0.3 is 30.5 Å². The van der Waals surface area contributed by atoms with Crippen molar-refractivity contribution in [3.8, 4) is 5.75 Å². The monoisotopic (exact) mass is 475 g/mol. The summed E-state index contributed by atoms with van der Waals surface area (Å²) in [5, 5.41) is 25.9. The lowest BCUT2D eigenvalue weighted by molar-refractivity contribution is -0.163. The number of fused-ring (bicyclic) bond motifs is 1. The molecule has 0 saturated carbocycles. The van der Waals surface area contributed by atoms with Gasteiger partial charge in [0, 0.05) is 29.2 Å². The minimum Gasteiger partial charge on any atom is -0.497 e. The van der Waals surface area contributed by atoms with E-state index in [1.807, 2.05) is 31.2 Å². The van der Waals surface area contributed by atoms with Gasteiger partial charge in [0.1, 0.15) is 11.4 Å². The number of ether oxygens (including phenoxy) is 1. The van der Waals surface area contributed by atoms with Crippen molar-refractivity contribution in [1.29, 1.82) is 0 Å². The molecule has 6 unspecified atom stereocenters. The van der Waals surface area contributed by atoms with Crippen molar-refractivity contribution >= 4 is 29.5 Å². The molecular weight excluding hydrogens is 446 g/mol. The van der Waals surface area contributed by atoms with Crippen molar-refractivity contribution in [2.24, 2.45) is 11.8 Å². The summed E-state index contributed by atoms with van der Waals surface area (Å²) in [6, 6.07) is 6.78. The Balaban J connectivity index is 1.36. The number of aliphatic hydroxyl groups excluding tert-OH is 1. The summed E-state index contributed by atoms with van der Waals surface area (Å²) in [5.41, 5.74) is 0.984. The number of aliphatic hydroxyl groups is 1. The smallest absolute Gasteiger partial charge is 0.353 e. The Bertz CT molecular complexity index is 979. The molecule has 10 heteroatoms. The fourth-order valence-corrected chi connectivity index (χ4v) is 6.39. The molecule has 0 radical (unpaired) electrons. The molecular formula is C23H29N3O6S. The van der Waals surface area contributed by atoms with Crippen LogP contribution in [0.25, 0.3) is 0 Å². The highest BCUT2D eigenvalue weighted by atomic mass is 32.2. The van der Waals surface area contributed by atoms with Crippen LogP contribution in [0, 0.1) is 11.8 Å². The Morgan fingerprint density at radius 3 is 2.64 bits per heavy atom. The summed E-state index contributed by atoms with van der Waals surface area (Å²) in [6.07, 6.45) is -0.270. The Hall–Kier alpha value is -2.56. The van der Waals surface area contributed by atoms with E-state index >= 15 is 0 Å². The molecule has 0 spiro atoms. The molecule has 3 aliphatic rings. The third-order valence-electron chi connectivity index (χ3n) is 6.64. The van der Waals surface area contributed by atoms with Crippen LogP contribution in [0.1, 0.15) is 25.8 Å². The van der Waals surface area contributed by atoms with Gasteiger partial charge in [-0.1, -0.05) is 19.1 Å². The molecule has 3 heterocycles. The number of carbonyl (C=O) groups excluding carboxylic acids is 2. The highest BCUT2D eigenvalue weighted by Crippen LogP contribution is 2.51. The number of benzene rings is 1. The summed E-state index contributed by atoms with van der Waals surface area (Å²) in [7, 11) is 1.60. The topological polar surface area (TPSA) is 128 Å². The lowest BCUT2D eigenvalue weighted by atomic mass is 9.79. The largest absolute Gasteiger partial charge is 0.497 e. The number of hydrogen-bond acceptors (Lipinski definition) is 7. The molecule has 4 N–H and O–H groups in total. The second kappa shape index (κ2) is 9.36. The molecule has 0 bridgehead atoms. The van der Waals surface area contributed by atoms with Crippen LogP contribution < -0.4 is 15.4 Å². The van der Waals surface area contributed by atoms with Crippen molar-refractivity contribution in [2.45, 2.75) is 50.3 Å². The number of methoxy groups -OCH3 is 1. The van der Waals surface area contributed by atoms with Crippen LogP contribution in [-0.4, -0.2) is 70.0 Å². The normalized spacial score (nSPS) is 29.5. The number of thioether (sulfide) groups is 1. The number of hydrogen-bond donors (Lipinski definition) is 4. The summed E-state index contributed by atoms with van der Waals surface area (Å²) >= 11 is 1.43. The van der Waals surface area contributed by atoms with Gasteiger partial charge in [0.05, 0.1) is 31.2 Å². The van der Waals surface area contributed by atoms with Crippen LogP contribution in [0.2, 0.25) is 0 Å². The fourth-order valence-electron chi connectivity index (χ4n) is 4.91. The van der Waals surface area contributed by atoms with Crippen LogP contribution in [0.3, 0.4) is 0 Å². The number of nitrogens with zero attached hydrogens (tertiary/aromatic N) is 1. The van der Waals surface area contributed by atoms with Gasteiger partial charge in [-0.05, 0) is 31.0 Å². The van der Waals surface area contributed by atoms with Crippen LogP contribution in [-0.2, 0) is 20.9 Å². The molecule has 9 nitrogen and oxygen atoms in total. The molecule has 3 aliphatic heterocycles. The standard InChI is InChI=1S/C23H29N3O6S/c1-11-18-17(12(2)27)22(29)26(18)19(23(30)31)20(11)33-15-8-16(24-10-15)21(28)25-9-13-4-6-14(32-3)7-5-13/h4-7,11-12,15-18,24,27H,8-10H2,1-3H3,(H,25,28)(H,30,31). The SMILES string of the molecule is COc1ccc(CNC(=O)C2CC(SC3=C(C(=O)O)N4C(=O)C(C(C)O)C4C3C)CN2)cc1. The van der Waals surface area contributed by atoms with E-state index in [4.69, 9.17) is 4.74 Å². The summed E-state index contributed by atoms with van der Waals surface area (Å²) in [5.74, 6) is -1.58. The maximum Gasteiger partial charge on any atom is 0.353 e. The van der Waals surface area contributed by atoms with Gasteiger partial charge in [0.15, 0.2) is 0 Å². The highest BCUT2D eigenvalue weighted by Gasteiger charge is 2.60. The van der Waals surface area contributed by atoms with Gasteiger partial charge in [-0.25, -0.2) is 4.79 Å². The third-order valence-corrected chi connectivity index (χ3v) is 8.15. The van der Waals surface area contributed by atoms with Crippen molar-refractivity contribution < 1.29 is 29.3 Å². The first-order chi connectivity index (χ1) is 15.7. The Morgan fingerprint density at radius 2 is 2.03 bits per heavy atom. The highest BCUT2D eigenvalue weighted by molar-refractivity contribution is 8.03. The average Bonchev–Trinajstić information content (AvgIpc) is 3.34. The summed E-state index contributed by atoms with van der Waals surface area (Å²) in [6.45, 7) is 4.43. The number of nitrogens with one attached hydrogen (secondary N) is 2. The van der Waals surface area contributed by atoms with E-state index in [1.165, 1.54) is 16.7 Å². The second-order valence-electron chi connectivity index (χ2n) is 8.77. The number of aliphatic carboxylic acids is 1. The van der Waals surface area contributed by atoms with Crippen molar-refractivity contribution in [3.63, 3.8) is 0 Å². The minimum atomic E-state index is -1.14. The molecule has 0 aromatic heterocycles. The first-order valence-electron chi connectivity index (χ1n) is 11.0. The first kappa shape index (κ1) is 23.6. The van der Waals surface area contributed by atoms with Crippen LogP contribution in [0.4, 0.5) is 0 Å². The van der Waals surface area contributed by atoms with E-state index in [0.717, 1.165) is 11.3 Å². The lowest BCUT2D eigenvalue weighted by Crippen LogP contribution is -2.63. The molecule has 0 aliphatic carbocycles. The van der Waals surface area contributed by atoms with E-state index in [2.05, 4.69) is 10.6 Å². The van der Waals surface area contributed by atoms with Gasteiger partial charge in [0.2, 0.25) is 11.8 Å². The zero-order chi connectivity index (χ0) is 23.9. The van der Waals surface area contributed by atoms with Gasteiger partial charge in [-0.2, -0.15) is 0 Å². The molecule has 2 fully saturated rings. The van der Waals surface area contributed by atoms with Crippen LogP contribution in [0.15, 0.2) is 34.9 Å². The van der Waals surface area contributed by atoms with Crippen LogP contribution >= 0.6 is 11.8 Å². The van der Waals surface area contributed by atoms with Gasteiger partial charge in [-0.3, -0.25) is 9.59 Å². The molecule has 6 atom stereocenters. The zero-order valence-electron chi connectivity index (χ0n) is 18.8. The predicted molar refractivity (Wildman–Crippen MR) is 122 cm³/mol. The number of carbonyl (C=O) groups is 3. The fraction of sp³-hybridized carbons (Fsp3) is 0.522. The number of amides is 2. The molecule has 2 saturated heterocycles. The molecule has 1 aromatic rings. The molecule has 4 rings (SSSR count). The van der Waals surface area contributed by atoms with Crippen molar-refractivity contribution in [3.05, 3.63) is 40.4 Å². The van der Waals surface area contributed by atoms with E-state index in [-0.39, 0.29) is 40.8 Å². The average molecular weight is 476 g/mol. The van der Waals surface area contributed by atoms with E-state index in [0.29, 0.717) is 24.4 Å². The number of carboxylic acids is 1. The van der Waals surface area contributed by atoms with E-state index in [9.17, 15) is 24.6 Å².